The van der Waals surface area contributed by atoms with E-state index in [-0.39, 0.29) is 5.91 Å². The maximum atomic E-state index is 11.7. The van der Waals surface area contributed by atoms with Crippen molar-refractivity contribution in [3.8, 4) is 0 Å². The third kappa shape index (κ3) is 2.76. The van der Waals surface area contributed by atoms with Crippen LogP contribution in [0.1, 0.15) is 12.5 Å². The molecule has 0 fully saturated rings. The van der Waals surface area contributed by atoms with Crippen molar-refractivity contribution in [3.63, 3.8) is 0 Å². The van der Waals surface area contributed by atoms with Crippen LogP contribution in [0.25, 0.3) is 5.57 Å². The number of carbonyl (C=O) groups is 1. The van der Waals surface area contributed by atoms with Crippen molar-refractivity contribution in [1.29, 1.82) is 0 Å². The van der Waals surface area contributed by atoms with Crippen molar-refractivity contribution < 1.29 is 4.79 Å². The molecule has 0 atom stereocenters. The van der Waals surface area contributed by atoms with Gasteiger partial charge in [-0.3, -0.25) is 4.79 Å². The summed E-state index contributed by atoms with van der Waals surface area (Å²) in [6.07, 6.45) is 1.92. The van der Waals surface area contributed by atoms with Crippen molar-refractivity contribution in [2.75, 3.05) is 6.26 Å². The van der Waals surface area contributed by atoms with E-state index < -0.39 is 0 Å². The molecule has 1 aliphatic rings. The average molecular weight is 284 g/mol. The minimum atomic E-state index is -0.146. The Kier molecular flexibility index (Phi) is 3.97. The Labute approximate surface area is 114 Å². The fourth-order valence-corrected chi connectivity index (χ4v) is 3.03. The highest BCUT2D eigenvalue weighted by Crippen LogP contribution is 2.36. The zero-order valence-corrected chi connectivity index (χ0v) is 11.7. The summed E-state index contributed by atoms with van der Waals surface area (Å²) in [4.78, 5) is 16.4. The van der Waals surface area contributed by atoms with E-state index in [1.165, 1.54) is 23.5 Å². The van der Waals surface area contributed by atoms with Gasteiger partial charge in [0.2, 0.25) is 0 Å². The molecule has 1 heterocycles. The molecule has 0 bridgehead atoms. The lowest BCUT2D eigenvalue weighted by Crippen LogP contribution is -1.92. The maximum Gasteiger partial charge on any atom is 0.285 e. The topological polar surface area (TPSA) is 29.4 Å². The largest absolute Gasteiger partial charge is 0.285 e. The van der Waals surface area contributed by atoms with Gasteiger partial charge in [-0.15, -0.1) is 11.8 Å². The second-order valence-corrected chi connectivity index (χ2v) is 5.94. The predicted molar refractivity (Wildman–Crippen MR) is 77.6 cm³/mol. The first-order valence-corrected chi connectivity index (χ1v) is 7.35. The number of benzene rings is 1. The van der Waals surface area contributed by atoms with Crippen molar-refractivity contribution >= 4 is 51.0 Å². The molecule has 5 heteroatoms. The number of carbonyl (C=O) groups excluding carboxylic acids is 1. The van der Waals surface area contributed by atoms with Gasteiger partial charge < -0.3 is 0 Å². The van der Waals surface area contributed by atoms with E-state index in [4.69, 9.17) is 11.6 Å². The molecule has 1 amide bonds. The molecular formula is C12H10ClNOS2. The molecule has 1 aromatic carbocycles. The number of rotatable bonds is 1. The number of hydrogen-bond donors (Lipinski definition) is 0. The molecule has 2 rings (SSSR count). The van der Waals surface area contributed by atoms with Crippen LogP contribution in [0.2, 0.25) is 5.02 Å². The standard InChI is InChI=1S/C12H10ClNOS2/c1-7(8-3-5-9(13)6-4-8)10-11(15)14-12(16-2)17-10/h3-6H,1-2H3/b10-7+. The Morgan fingerprint density at radius 1 is 1.35 bits per heavy atom. The Bertz CT molecular complexity index is 520. The van der Waals surface area contributed by atoms with E-state index in [1.54, 1.807) is 0 Å². The average Bonchev–Trinajstić information content (AvgIpc) is 2.71. The predicted octanol–water partition coefficient (Wildman–Crippen LogP) is 4.06. The molecule has 0 saturated carbocycles. The smallest absolute Gasteiger partial charge is 0.266 e. The third-order valence-electron chi connectivity index (χ3n) is 2.37. The highest BCUT2D eigenvalue weighted by molar-refractivity contribution is 8.41. The van der Waals surface area contributed by atoms with Crippen molar-refractivity contribution in [3.05, 3.63) is 39.8 Å². The van der Waals surface area contributed by atoms with Crippen LogP contribution in [-0.4, -0.2) is 16.5 Å². The SMILES string of the molecule is CSC1=NC(=O)/C(=C(/C)c2ccc(Cl)cc2)S1. The molecule has 88 valence electrons. The molecule has 1 aliphatic heterocycles. The van der Waals surface area contributed by atoms with Gasteiger partial charge in [-0.2, -0.15) is 4.99 Å². The van der Waals surface area contributed by atoms with Crippen molar-refractivity contribution in [1.82, 2.24) is 0 Å². The fraction of sp³-hybridized carbons (Fsp3) is 0.167. The Morgan fingerprint density at radius 3 is 2.53 bits per heavy atom. The van der Waals surface area contributed by atoms with E-state index in [1.807, 2.05) is 37.4 Å². The van der Waals surface area contributed by atoms with Gasteiger partial charge >= 0.3 is 0 Å². The van der Waals surface area contributed by atoms with Crippen LogP contribution in [0, 0.1) is 0 Å². The first kappa shape index (κ1) is 12.7. The van der Waals surface area contributed by atoms with Gasteiger partial charge in [-0.1, -0.05) is 35.5 Å². The molecule has 0 unspecified atom stereocenters. The molecule has 0 aromatic heterocycles. The van der Waals surface area contributed by atoms with Gasteiger partial charge in [0.05, 0.1) is 4.91 Å². The number of thioether (sulfide) groups is 2. The lowest BCUT2D eigenvalue weighted by atomic mass is 10.1. The first-order valence-electron chi connectivity index (χ1n) is 4.93. The summed E-state index contributed by atoms with van der Waals surface area (Å²) < 4.78 is 0.804. The summed E-state index contributed by atoms with van der Waals surface area (Å²) in [5.74, 6) is -0.146. The lowest BCUT2D eigenvalue weighted by molar-refractivity contribution is -0.113. The van der Waals surface area contributed by atoms with Gasteiger partial charge in [0.1, 0.15) is 4.38 Å². The van der Waals surface area contributed by atoms with E-state index in [2.05, 4.69) is 4.99 Å². The third-order valence-corrected chi connectivity index (χ3v) is 4.76. The maximum absolute atomic E-state index is 11.7. The monoisotopic (exact) mass is 283 g/mol. The molecule has 0 saturated heterocycles. The molecule has 0 N–H and O–H groups in total. The minimum Gasteiger partial charge on any atom is -0.266 e. The van der Waals surface area contributed by atoms with Gasteiger partial charge in [0, 0.05) is 5.02 Å². The quantitative estimate of drug-likeness (QED) is 0.728. The highest BCUT2D eigenvalue weighted by atomic mass is 35.5. The molecule has 0 aliphatic carbocycles. The Hall–Kier alpha value is -0.710. The summed E-state index contributed by atoms with van der Waals surface area (Å²) in [5, 5.41) is 0.693. The second kappa shape index (κ2) is 5.29. The van der Waals surface area contributed by atoms with Gasteiger partial charge in [-0.05, 0) is 36.4 Å². The molecular weight excluding hydrogens is 274 g/mol. The van der Waals surface area contributed by atoms with Crippen LogP contribution in [0.3, 0.4) is 0 Å². The number of halogens is 1. The first-order chi connectivity index (χ1) is 8.11. The van der Waals surface area contributed by atoms with Gasteiger partial charge in [0.25, 0.3) is 5.91 Å². The second-order valence-electron chi connectivity index (χ2n) is 3.45. The van der Waals surface area contributed by atoms with E-state index in [0.717, 1.165) is 15.5 Å². The molecule has 0 radical (unpaired) electrons. The number of hydrogen-bond acceptors (Lipinski definition) is 3. The lowest BCUT2D eigenvalue weighted by Gasteiger charge is -2.04. The molecule has 2 nitrogen and oxygen atoms in total. The Morgan fingerprint density at radius 2 is 2.00 bits per heavy atom. The number of aliphatic imine (C=N–C) groups is 1. The van der Waals surface area contributed by atoms with Crippen LogP contribution in [0.15, 0.2) is 34.2 Å². The van der Waals surface area contributed by atoms with Crippen molar-refractivity contribution in [2.24, 2.45) is 4.99 Å². The van der Waals surface area contributed by atoms with E-state index >= 15 is 0 Å². The number of amides is 1. The normalized spacial score (nSPS) is 18.3. The zero-order chi connectivity index (χ0) is 12.4. The summed E-state index contributed by atoms with van der Waals surface area (Å²) in [5.41, 5.74) is 1.95. The molecule has 0 spiro atoms. The van der Waals surface area contributed by atoms with E-state index in [9.17, 15) is 4.79 Å². The highest BCUT2D eigenvalue weighted by Gasteiger charge is 2.23. The molecule has 17 heavy (non-hydrogen) atoms. The fourth-order valence-electron chi connectivity index (χ4n) is 1.44. The Balaban J connectivity index is 2.34. The summed E-state index contributed by atoms with van der Waals surface area (Å²) in [6.45, 7) is 1.93. The van der Waals surface area contributed by atoms with Gasteiger partial charge in [-0.25, -0.2) is 0 Å². The van der Waals surface area contributed by atoms with Crippen LogP contribution >= 0.6 is 35.1 Å². The zero-order valence-electron chi connectivity index (χ0n) is 9.36. The molecule has 1 aromatic rings. The van der Waals surface area contributed by atoms with Crippen molar-refractivity contribution in [2.45, 2.75) is 6.92 Å². The van der Waals surface area contributed by atoms with Crippen LogP contribution in [0.4, 0.5) is 0 Å². The van der Waals surface area contributed by atoms with Crippen LogP contribution in [0.5, 0.6) is 0 Å². The number of allylic oxidation sites excluding steroid dienone is 1. The van der Waals surface area contributed by atoms with E-state index in [0.29, 0.717) is 9.93 Å². The summed E-state index contributed by atoms with van der Waals surface area (Å²) in [6, 6.07) is 7.47. The van der Waals surface area contributed by atoms with Gasteiger partial charge in [0.15, 0.2) is 0 Å². The minimum absolute atomic E-state index is 0.146. The summed E-state index contributed by atoms with van der Waals surface area (Å²) in [7, 11) is 0. The number of nitrogens with zero attached hydrogens (tertiary/aromatic N) is 1. The van der Waals surface area contributed by atoms with Crippen LogP contribution < -0.4 is 0 Å². The van der Waals surface area contributed by atoms with Crippen LogP contribution in [-0.2, 0) is 4.79 Å². The summed E-state index contributed by atoms with van der Waals surface area (Å²) >= 11 is 8.76.